The molecule has 0 bridgehead atoms. The standard InChI is InChI=1S/C12H12FN3O/c1-8-9(6-14)7-15-12(16-8)17-11-4-2-3-10(13)5-11/h2-5,7H,6,14H2,1H3. The Hall–Kier alpha value is -2.01. The van der Waals surface area contributed by atoms with Gasteiger partial charge in [-0.05, 0) is 19.1 Å². The van der Waals surface area contributed by atoms with Crippen LogP contribution in [-0.2, 0) is 6.54 Å². The van der Waals surface area contributed by atoms with Gasteiger partial charge in [0, 0.05) is 30.1 Å². The Labute approximate surface area is 98.3 Å². The Balaban J connectivity index is 2.22. The molecule has 0 aliphatic carbocycles. The van der Waals surface area contributed by atoms with Crippen molar-refractivity contribution in [1.82, 2.24) is 9.97 Å². The fourth-order valence-corrected chi connectivity index (χ4v) is 1.36. The maximum atomic E-state index is 12.9. The Morgan fingerprint density at radius 3 is 2.88 bits per heavy atom. The van der Waals surface area contributed by atoms with Gasteiger partial charge in [0.25, 0.3) is 0 Å². The maximum Gasteiger partial charge on any atom is 0.322 e. The van der Waals surface area contributed by atoms with Crippen molar-refractivity contribution in [2.45, 2.75) is 13.5 Å². The quantitative estimate of drug-likeness (QED) is 0.882. The molecule has 2 aromatic rings. The lowest BCUT2D eigenvalue weighted by Gasteiger charge is -2.06. The summed E-state index contributed by atoms with van der Waals surface area (Å²) in [6.07, 6.45) is 1.61. The molecule has 2 N–H and O–H groups in total. The third-order valence-corrected chi connectivity index (χ3v) is 2.28. The number of ether oxygens (including phenoxy) is 1. The highest BCUT2D eigenvalue weighted by Crippen LogP contribution is 2.19. The molecule has 1 aromatic carbocycles. The van der Waals surface area contributed by atoms with Crippen LogP contribution in [0.15, 0.2) is 30.5 Å². The topological polar surface area (TPSA) is 61.0 Å². The molecule has 0 spiro atoms. The van der Waals surface area contributed by atoms with Crippen molar-refractivity contribution in [3.63, 3.8) is 0 Å². The molecular weight excluding hydrogens is 221 g/mol. The molecule has 5 heteroatoms. The zero-order valence-electron chi connectivity index (χ0n) is 9.35. The van der Waals surface area contributed by atoms with E-state index in [4.69, 9.17) is 10.5 Å². The van der Waals surface area contributed by atoms with E-state index in [1.807, 2.05) is 6.92 Å². The van der Waals surface area contributed by atoms with E-state index in [1.165, 1.54) is 12.1 Å². The molecule has 0 saturated carbocycles. The van der Waals surface area contributed by atoms with Gasteiger partial charge in [0.2, 0.25) is 0 Å². The first-order chi connectivity index (χ1) is 8.19. The zero-order valence-corrected chi connectivity index (χ0v) is 9.35. The van der Waals surface area contributed by atoms with Crippen LogP contribution in [0.4, 0.5) is 4.39 Å². The minimum atomic E-state index is -0.363. The van der Waals surface area contributed by atoms with Crippen molar-refractivity contribution >= 4 is 0 Å². The Bertz CT molecular complexity index is 531. The lowest BCUT2D eigenvalue weighted by Crippen LogP contribution is -2.03. The smallest absolute Gasteiger partial charge is 0.322 e. The first-order valence-corrected chi connectivity index (χ1v) is 5.15. The minimum absolute atomic E-state index is 0.185. The second kappa shape index (κ2) is 4.88. The van der Waals surface area contributed by atoms with Crippen molar-refractivity contribution < 1.29 is 9.13 Å². The van der Waals surface area contributed by atoms with Gasteiger partial charge in [-0.1, -0.05) is 6.07 Å². The summed E-state index contributed by atoms with van der Waals surface area (Å²) in [4.78, 5) is 8.13. The maximum absolute atomic E-state index is 12.9. The summed E-state index contributed by atoms with van der Waals surface area (Å²) in [7, 11) is 0. The van der Waals surface area contributed by atoms with E-state index < -0.39 is 0 Å². The molecule has 17 heavy (non-hydrogen) atoms. The van der Waals surface area contributed by atoms with Crippen LogP contribution in [0.25, 0.3) is 0 Å². The second-order valence-electron chi connectivity index (χ2n) is 3.53. The number of hydrogen-bond acceptors (Lipinski definition) is 4. The van der Waals surface area contributed by atoms with Gasteiger partial charge in [0.05, 0.1) is 0 Å². The highest BCUT2D eigenvalue weighted by atomic mass is 19.1. The molecule has 0 amide bonds. The summed E-state index contributed by atoms with van der Waals surface area (Å²) in [5.74, 6) is 0.00250. The summed E-state index contributed by atoms with van der Waals surface area (Å²) in [6, 6.07) is 6.00. The molecule has 2 rings (SSSR count). The summed E-state index contributed by atoms with van der Waals surface area (Å²) >= 11 is 0. The second-order valence-corrected chi connectivity index (χ2v) is 3.53. The van der Waals surface area contributed by atoms with E-state index in [0.717, 1.165) is 11.3 Å². The SMILES string of the molecule is Cc1nc(Oc2cccc(F)c2)ncc1CN. The van der Waals surface area contributed by atoms with Crippen molar-refractivity contribution in [2.75, 3.05) is 0 Å². The monoisotopic (exact) mass is 233 g/mol. The molecule has 1 heterocycles. The van der Waals surface area contributed by atoms with Crippen molar-refractivity contribution in [2.24, 2.45) is 5.73 Å². The van der Waals surface area contributed by atoms with Gasteiger partial charge < -0.3 is 10.5 Å². The molecular formula is C12H12FN3O. The molecule has 0 atom stereocenters. The van der Waals surface area contributed by atoms with E-state index in [1.54, 1.807) is 18.3 Å². The van der Waals surface area contributed by atoms with E-state index >= 15 is 0 Å². The van der Waals surface area contributed by atoms with Crippen molar-refractivity contribution in [3.05, 3.63) is 47.5 Å². The zero-order chi connectivity index (χ0) is 12.3. The highest BCUT2D eigenvalue weighted by Gasteiger charge is 2.04. The first-order valence-electron chi connectivity index (χ1n) is 5.15. The molecule has 4 nitrogen and oxygen atoms in total. The minimum Gasteiger partial charge on any atom is -0.424 e. The summed E-state index contributed by atoms with van der Waals surface area (Å²) < 4.78 is 18.3. The lowest BCUT2D eigenvalue weighted by molar-refractivity contribution is 0.435. The molecule has 0 unspecified atom stereocenters. The Morgan fingerprint density at radius 1 is 1.41 bits per heavy atom. The number of aromatic nitrogens is 2. The van der Waals surface area contributed by atoms with E-state index in [0.29, 0.717) is 12.3 Å². The predicted molar refractivity (Wildman–Crippen MR) is 61.1 cm³/mol. The van der Waals surface area contributed by atoms with Crippen LogP contribution in [0.1, 0.15) is 11.3 Å². The number of nitrogens with two attached hydrogens (primary N) is 1. The van der Waals surface area contributed by atoms with E-state index in [-0.39, 0.29) is 11.8 Å². The normalized spacial score (nSPS) is 10.3. The average Bonchev–Trinajstić information content (AvgIpc) is 2.29. The van der Waals surface area contributed by atoms with Crippen LogP contribution < -0.4 is 10.5 Å². The number of aryl methyl sites for hydroxylation is 1. The van der Waals surface area contributed by atoms with Crippen LogP contribution in [-0.4, -0.2) is 9.97 Å². The number of halogens is 1. The number of benzene rings is 1. The molecule has 88 valence electrons. The predicted octanol–water partition coefficient (Wildman–Crippen LogP) is 2.18. The van der Waals surface area contributed by atoms with Crippen molar-refractivity contribution in [1.29, 1.82) is 0 Å². The van der Waals surface area contributed by atoms with Gasteiger partial charge in [-0.15, -0.1) is 0 Å². The van der Waals surface area contributed by atoms with E-state index in [9.17, 15) is 4.39 Å². The van der Waals surface area contributed by atoms with Crippen LogP contribution >= 0.6 is 0 Å². The average molecular weight is 233 g/mol. The van der Waals surface area contributed by atoms with Crippen molar-refractivity contribution in [3.8, 4) is 11.8 Å². The largest absolute Gasteiger partial charge is 0.424 e. The van der Waals surface area contributed by atoms with Crippen LogP contribution in [0.5, 0.6) is 11.8 Å². The molecule has 0 fully saturated rings. The van der Waals surface area contributed by atoms with Gasteiger partial charge in [-0.25, -0.2) is 9.37 Å². The highest BCUT2D eigenvalue weighted by molar-refractivity contribution is 5.26. The summed E-state index contributed by atoms with van der Waals surface area (Å²) in [5, 5.41) is 0. The Kier molecular flexibility index (Phi) is 3.30. The summed E-state index contributed by atoms with van der Waals surface area (Å²) in [6.45, 7) is 2.20. The fraction of sp³-hybridized carbons (Fsp3) is 0.167. The molecule has 0 aliphatic rings. The number of nitrogens with zero attached hydrogens (tertiary/aromatic N) is 2. The third kappa shape index (κ3) is 2.76. The number of rotatable bonds is 3. The van der Waals surface area contributed by atoms with Crippen LogP contribution in [0.3, 0.4) is 0 Å². The third-order valence-electron chi connectivity index (χ3n) is 2.28. The van der Waals surface area contributed by atoms with Gasteiger partial charge in [-0.3, -0.25) is 0 Å². The molecule has 0 saturated heterocycles. The first kappa shape index (κ1) is 11.5. The van der Waals surface area contributed by atoms with Gasteiger partial charge in [-0.2, -0.15) is 4.98 Å². The molecule has 0 radical (unpaired) electrons. The van der Waals surface area contributed by atoms with Gasteiger partial charge >= 0.3 is 6.01 Å². The number of hydrogen-bond donors (Lipinski definition) is 1. The fourth-order valence-electron chi connectivity index (χ4n) is 1.36. The van der Waals surface area contributed by atoms with E-state index in [2.05, 4.69) is 9.97 Å². The van der Waals surface area contributed by atoms with Crippen LogP contribution in [0, 0.1) is 12.7 Å². The molecule has 0 aliphatic heterocycles. The lowest BCUT2D eigenvalue weighted by atomic mass is 10.2. The van der Waals surface area contributed by atoms with Crippen LogP contribution in [0.2, 0.25) is 0 Å². The van der Waals surface area contributed by atoms with Gasteiger partial charge in [0.15, 0.2) is 0 Å². The molecule has 1 aromatic heterocycles. The Morgan fingerprint density at radius 2 is 2.24 bits per heavy atom. The van der Waals surface area contributed by atoms with Gasteiger partial charge in [0.1, 0.15) is 11.6 Å². The summed E-state index contributed by atoms with van der Waals surface area (Å²) in [5.41, 5.74) is 7.12.